The van der Waals surface area contributed by atoms with Crippen molar-refractivity contribution in [2.75, 3.05) is 0 Å². The number of rotatable bonds is 1. The summed E-state index contributed by atoms with van der Waals surface area (Å²) in [6.07, 6.45) is 0. The van der Waals surface area contributed by atoms with Crippen LogP contribution in [0.1, 0.15) is 4.11 Å². The normalized spacial score (nSPS) is 13.8. The number of hydrogen-bond acceptors (Lipinski definition) is 3. The van der Waals surface area contributed by atoms with Crippen LogP contribution in [0, 0.1) is 0 Å². The lowest BCUT2D eigenvalue weighted by Crippen LogP contribution is -2.29. The van der Waals surface area contributed by atoms with Gasteiger partial charge < -0.3 is 14.5 Å². The molecule has 0 aliphatic carbocycles. The minimum Gasteiger partial charge on any atom is -0.456 e. The van der Waals surface area contributed by atoms with Gasteiger partial charge in [0, 0.05) is 10.8 Å². The fourth-order valence-electron chi connectivity index (χ4n) is 1.68. The van der Waals surface area contributed by atoms with Gasteiger partial charge in [-0.05, 0) is 17.6 Å². The van der Waals surface area contributed by atoms with E-state index in [2.05, 4.69) is 0 Å². The Balaban J connectivity index is 2.59. The molecule has 4 heteroatoms. The SMILES string of the molecule is [2H]c1c(B(O)O)c([2H])c2c(oc3ccccc32)c1[2H]. The molecule has 0 saturated carbocycles. The van der Waals surface area contributed by atoms with Gasteiger partial charge in [0.1, 0.15) is 11.2 Å². The molecule has 16 heavy (non-hydrogen) atoms. The predicted molar refractivity (Wildman–Crippen MR) is 63.5 cm³/mol. The summed E-state index contributed by atoms with van der Waals surface area (Å²) >= 11 is 0. The van der Waals surface area contributed by atoms with E-state index >= 15 is 0 Å². The van der Waals surface area contributed by atoms with Crippen molar-refractivity contribution >= 4 is 34.5 Å². The van der Waals surface area contributed by atoms with Crippen molar-refractivity contribution in [1.82, 2.24) is 0 Å². The molecule has 0 aliphatic heterocycles. The zero-order chi connectivity index (χ0) is 13.7. The van der Waals surface area contributed by atoms with Gasteiger partial charge in [0.15, 0.2) is 0 Å². The maximum absolute atomic E-state index is 9.28. The van der Waals surface area contributed by atoms with E-state index in [-0.39, 0.29) is 23.1 Å². The molecule has 0 radical (unpaired) electrons. The first kappa shape index (κ1) is 6.73. The van der Waals surface area contributed by atoms with E-state index in [4.69, 9.17) is 8.53 Å². The van der Waals surface area contributed by atoms with Gasteiger partial charge in [-0.3, -0.25) is 0 Å². The van der Waals surface area contributed by atoms with Gasteiger partial charge in [0.25, 0.3) is 0 Å². The molecule has 78 valence electrons. The maximum atomic E-state index is 9.28. The molecular formula is C12H9BO3. The van der Waals surface area contributed by atoms with Crippen LogP contribution < -0.4 is 5.46 Å². The van der Waals surface area contributed by atoms with Gasteiger partial charge in [0.05, 0.1) is 4.11 Å². The van der Waals surface area contributed by atoms with E-state index in [0.29, 0.717) is 16.4 Å². The van der Waals surface area contributed by atoms with Crippen LogP contribution in [-0.2, 0) is 0 Å². The molecule has 3 nitrogen and oxygen atoms in total. The van der Waals surface area contributed by atoms with E-state index < -0.39 is 13.2 Å². The third kappa shape index (κ3) is 1.32. The minimum absolute atomic E-state index is 0.126. The molecule has 0 bridgehead atoms. The van der Waals surface area contributed by atoms with Gasteiger partial charge in [-0.2, -0.15) is 0 Å². The average Bonchev–Trinajstić information content (AvgIpc) is 2.75. The first-order chi connectivity index (χ1) is 9.02. The Hall–Kier alpha value is -1.78. The van der Waals surface area contributed by atoms with Crippen LogP contribution in [-0.4, -0.2) is 17.2 Å². The van der Waals surface area contributed by atoms with Crippen LogP contribution in [0.3, 0.4) is 0 Å². The monoisotopic (exact) mass is 215 g/mol. The molecule has 3 aromatic rings. The van der Waals surface area contributed by atoms with E-state index in [1.807, 2.05) is 0 Å². The molecule has 0 atom stereocenters. The van der Waals surface area contributed by atoms with Crippen molar-refractivity contribution in [3.63, 3.8) is 0 Å². The standard InChI is InChI=1S/C12H9BO3/c14-13(15)8-5-6-12-10(7-8)9-3-1-2-4-11(9)16-12/h1-7,14-15H/i5D,6D,7D. The fourth-order valence-corrected chi connectivity index (χ4v) is 1.68. The third-order valence-corrected chi connectivity index (χ3v) is 2.42. The summed E-state index contributed by atoms with van der Waals surface area (Å²) in [5.41, 5.74) is 0.355. The molecule has 1 aromatic heterocycles. The fraction of sp³-hybridized carbons (Fsp3) is 0. The first-order valence-electron chi connectivity index (χ1n) is 6.29. The highest BCUT2D eigenvalue weighted by Crippen LogP contribution is 2.27. The van der Waals surface area contributed by atoms with Crippen LogP contribution in [0.4, 0.5) is 0 Å². The lowest BCUT2D eigenvalue weighted by molar-refractivity contribution is 0.426. The van der Waals surface area contributed by atoms with E-state index in [9.17, 15) is 10.0 Å². The summed E-state index contributed by atoms with van der Waals surface area (Å²) < 4.78 is 29.1. The highest BCUT2D eigenvalue weighted by atomic mass is 16.4. The molecule has 0 amide bonds. The minimum atomic E-state index is -1.96. The second kappa shape index (κ2) is 3.37. The van der Waals surface area contributed by atoms with E-state index in [1.54, 1.807) is 24.3 Å². The molecule has 3 rings (SSSR count). The Morgan fingerprint density at radius 3 is 2.69 bits per heavy atom. The molecule has 0 saturated heterocycles. The Labute approximate surface area is 96.3 Å². The van der Waals surface area contributed by atoms with Crippen LogP contribution in [0.2, 0.25) is 0 Å². The smallest absolute Gasteiger partial charge is 0.456 e. The van der Waals surface area contributed by atoms with Crippen molar-refractivity contribution < 1.29 is 18.6 Å². The van der Waals surface area contributed by atoms with E-state index in [0.717, 1.165) is 0 Å². The van der Waals surface area contributed by atoms with Crippen molar-refractivity contribution in [2.24, 2.45) is 0 Å². The molecule has 0 aliphatic rings. The summed E-state index contributed by atoms with van der Waals surface area (Å²) in [5.74, 6) is 0. The summed E-state index contributed by atoms with van der Waals surface area (Å²) in [6, 6.07) is 6.14. The second-order valence-electron chi connectivity index (χ2n) is 3.46. The average molecular weight is 215 g/mol. The number of hydrogen-bond donors (Lipinski definition) is 2. The van der Waals surface area contributed by atoms with E-state index in [1.165, 1.54) is 0 Å². The molecule has 0 unspecified atom stereocenters. The largest absolute Gasteiger partial charge is 0.488 e. The predicted octanol–water partition coefficient (Wildman–Crippen LogP) is 1.27. The van der Waals surface area contributed by atoms with Gasteiger partial charge in [0.2, 0.25) is 0 Å². The highest BCUT2D eigenvalue weighted by Gasteiger charge is 2.13. The molecular weight excluding hydrogens is 203 g/mol. The molecule has 2 N–H and O–H groups in total. The number of benzene rings is 2. The van der Waals surface area contributed by atoms with Crippen LogP contribution in [0.25, 0.3) is 21.9 Å². The zero-order valence-corrected chi connectivity index (χ0v) is 8.19. The number of fused-ring (bicyclic) bond motifs is 3. The van der Waals surface area contributed by atoms with Crippen molar-refractivity contribution in [2.45, 2.75) is 0 Å². The first-order valence-corrected chi connectivity index (χ1v) is 4.79. The molecule has 2 aromatic carbocycles. The number of furan rings is 1. The zero-order valence-electron chi connectivity index (χ0n) is 11.2. The second-order valence-corrected chi connectivity index (χ2v) is 3.46. The van der Waals surface area contributed by atoms with Crippen molar-refractivity contribution in [1.29, 1.82) is 0 Å². The lowest BCUT2D eigenvalue weighted by atomic mass is 9.80. The Morgan fingerprint density at radius 2 is 1.88 bits per heavy atom. The van der Waals surface area contributed by atoms with Crippen molar-refractivity contribution in [3.05, 3.63) is 42.4 Å². The maximum Gasteiger partial charge on any atom is 0.488 e. The summed E-state index contributed by atoms with van der Waals surface area (Å²) in [4.78, 5) is 0. The van der Waals surface area contributed by atoms with Gasteiger partial charge in [-0.15, -0.1) is 0 Å². The van der Waals surface area contributed by atoms with Gasteiger partial charge >= 0.3 is 7.12 Å². The summed E-state index contributed by atoms with van der Waals surface area (Å²) in [6.45, 7) is 0. The lowest BCUT2D eigenvalue weighted by Gasteiger charge is -1.97. The number of para-hydroxylation sites is 1. The van der Waals surface area contributed by atoms with Crippen LogP contribution >= 0.6 is 0 Å². The summed E-state index contributed by atoms with van der Waals surface area (Å²) in [7, 11) is -1.96. The Bertz CT molecular complexity index is 798. The van der Waals surface area contributed by atoms with Gasteiger partial charge in [-0.25, -0.2) is 0 Å². The topological polar surface area (TPSA) is 53.6 Å². The molecule has 1 heterocycles. The third-order valence-electron chi connectivity index (χ3n) is 2.42. The highest BCUT2D eigenvalue weighted by molar-refractivity contribution is 6.59. The quantitative estimate of drug-likeness (QED) is 0.601. The van der Waals surface area contributed by atoms with Crippen LogP contribution in [0.5, 0.6) is 0 Å². The Kier molecular flexibility index (Phi) is 1.42. The molecule has 0 spiro atoms. The van der Waals surface area contributed by atoms with Gasteiger partial charge in [-0.1, -0.05) is 30.3 Å². The Morgan fingerprint density at radius 1 is 1.06 bits per heavy atom. The van der Waals surface area contributed by atoms with Crippen molar-refractivity contribution in [3.8, 4) is 0 Å². The molecule has 0 fully saturated rings. The summed E-state index contributed by atoms with van der Waals surface area (Å²) in [5, 5.41) is 19.5. The van der Waals surface area contributed by atoms with Crippen LogP contribution in [0.15, 0.2) is 46.8 Å².